The number of carbonyl (C=O) groups excluding carboxylic acids is 1. The summed E-state index contributed by atoms with van der Waals surface area (Å²) in [7, 11) is 0. The Bertz CT molecular complexity index is 1170. The fourth-order valence-electron chi connectivity index (χ4n) is 3.20. The van der Waals surface area contributed by atoms with E-state index in [1.807, 2.05) is 41.5 Å². The summed E-state index contributed by atoms with van der Waals surface area (Å²) in [5, 5.41) is 10.8. The average molecular weight is 637 g/mol. The van der Waals surface area contributed by atoms with Crippen LogP contribution >= 0.6 is 0 Å². The third kappa shape index (κ3) is 7.89. The van der Waals surface area contributed by atoms with Crippen LogP contribution in [0.5, 0.6) is 0 Å². The van der Waals surface area contributed by atoms with Crippen LogP contribution in [0.3, 0.4) is 0 Å². The standard InChI is InChI=1S/C19H18N.C11H20O2.Ir/c1-12-9-13(2)11-16(10-12)18-8-6-17-15(4)14(3)5-7-19(17)20-18;1-10(2,3)8(12)7-9(13)11(4,5)6;/h5-10H,1-4H3;7,12H,1-6H3;/q-1;;/b;8-7-;. The van der Waals surface area contributed by atoms with Gasteiger partial charge in [-0.3, -0.25) is 9.78 Å². The Kier molecular flexibility index (Phi) is 9.99. The van der Waals surface area contributed by atoms with Crippen LogP contribution in [0, 0.1) is 44.6 Å². The van der Waals surface area contributed by atoms with Crippen LogP contribution in [-0.2, 0) is 24.9 Å². The number of hydrogen-bond donors (Lipinski definition) is 1. The largest absolute Gasteiger partial charge is 0.512 e. The molecule has 0 amide bonds. The number of aryl methyl sites for hydroxylation is 4. The van der Waals surface area contributed by atoms with Gasteiger partial charge in [0.1, 0.15) is 5.76 Å². The molecule has 1 heterocycles. The Morgan fingerprint density at radius 3 is 2.06 bits per heavy atom. The van der Waals surface area contributed by atoms with Crippen molar-refractivity contribution in [2.75, 3.05) is 0 Å². The summed E-state index contributed by atoms with van der Waals surface area (Å²) < 4.78 is 0. The van der Waals surface area contributed by atoms with Gasteiger partial charge >= 0.3 is 0 Å². The van der Waals surface area contributed by atoms with Gasteiger partial charge in [-0.25, -0.2) is 0 Å². The van der Waals surface area contributed by atoms with Crippen LogP contribution in [0.2, 0.25) is 0 Å². The fraction of sp³-hybridized carbons (Fsp3) is 0.400. The number of hydrogen-bond acceptors (Lipinski definition) is 3. The van der Waals surface area contributed by atoms with Crippen molar-refractivity contribution in [1.82, 2.24) is 4.98 Å². The van der Waals surface area contributed by atoms with Crippen molar-refractivity contribution < 1.29 is 30.0 Å². The van der Waals surface area contributed by atoms with Gasteiger partial charge in [-0.2, -0.15) is 0 Å². The number of aromatic nitrogens is 1. The first-order valence-electron chi connectivity index (χ1n) is 11.4. The van der Waals surface area contributed by atoms with E-state index in [9.17, 15) is 9.90 Å². The maximum Gasteiger partial charge on any atom is 0.164 e. The first-order valence-corrected chi connectivity index (χ1v) is 11.4. The van der Waals surface area contributed by atoms with Gasteiger partial charge in [0.25, 0.3) is 0 Å². The third-order valence-electron chi connectivity index (χ3n) is 5.61. The number of aliphatic hydroxyl groups is 1. The molecule has 0 aliphatic carbocycles. The van der Waals surface area contributed by atoms with Gasteiger partial charge in [0, 0.05) is 42.4 Å². The fourth-order valence-corrected chi connectivity index (χ4v) is 3.20. The zero-order valence-corrected chi connectivity index (χ0v) is 24.6. The van der Waals surface area contributed by atoms with E-state index in [1.54, 1.807) is 0 Å². The Labute approximate surface area is 219 Å². The molecule has 1 aromatic heterocycles. The van der Waals surface area contributed by atoms with E-state index in [0.29, 0.717) is 0 Å². The van der Waals surface area contributed by atoms with Crippen molar-refractivity contribution in [3.05, 3.63) is 76.6 Å². The third-order valence-corrected chi connectivity index (χ3v) is 5.61. The van der Waals surface area contributed by atoms with Crippen molar-refractivity contribution >= 4 is 16.7 Å². The molecule has 3 rings (SSSR count). The van der Waals surface area contributed by atoms with Gasteiger partial charge in [0.15, 0.2) is 5.78 Å². The normalized spacial score (nSPS) is 12.0. The molecule has 0 fully saturated rings. The smallest absolute Gasteiger partial charge is 0.164 e. The van der Waals surface area contributed by atoms with Crippen molar-refractivity contribution in [3.63, 3.8) is 0 Å². The number of ketones is 1. The maximum absolute atomic E-state index is 11.5. The molecule has 0 bridgehead atoms. The molecule has 2 aromatic carbocycles. The van der Waals surface area contributed by atoms with Crippen molar-refractivity contribution in [3.8, 4) is 11.3 Å². The molecule has 3 aromatic rings. The summed E-state index contributed by atoms with van der Waals surface area (Å²) >= 11 is 0. The molecule has 4 heteroatoms. The van der Waals surface area contributed by atoms with Crippen molar-refractivity contribution in [2.45, 2.75) is 69.2 Å². The molecule has 0 spiro atoms. The second-order valence-corrected chi connectivity index (χ2v) is 10.9. The van der Waals surface area contributed by atoms with Gasteiger partial charge in [-0.1, -0.05) is 73.6 Å². The minimum atomic E-state index is -0.417. The molecule has 0 atom stereocenters. The minimum absolute atomic E-state index is 0. The van der Waals surface area contributed by atoms with Gasteiger partial charge in [0.05, 0.1) is 5.52 Å². The summed E-state index contributed by atoms with van der Waals surface area (Å²) in [6.45, 7) is 19.6. The number of pyridine rings is 1. The molecule has 185 valence electrons. The summed E-state index contributed by atoms with van der Waals surface area (Å²) in [5.74, 6) is 0.104. The predicted molar refractivity (Wildman–Crippen MR) is 140 cm³/mol. The van der Waals surface area contributed by atoms with E-state index < -0.39 is 5.41 Å². The van der Waals surface area contributed by atoms with Crippen LogP contribution in [-0.4, -0.2) is 15.9 Å². The topological polar surface area (TPSA) is 50.2 Å². The van der Waals surface area contributed by atoms with Crippen molar-refractivity contribution in [1.29, 1.82) is 0 Å². The second-order valence-electron chi connectivity index (χ2n) is 10.9. The van der Waals surface area contributed by atoms with E-state index in [-0.39, 0.29) is 37.1 Å². The van der Waals surface area contributed by atoms with Gasteiger partial charge in [-0.05, 0) is 36.7 Å². The van der Waals surface area contributed by atoms with Crippen molar-refractivity contribution in [2.24, 2.45) is 10.8 Å². The number of fused-ring (bicyclic) bond motifs is 1. The quantitative estimate of drug-likeness (QED) is 0.176. The maximum atomic E-state index is 11.5. The number of aliphatic hydroxyl groups excluding tert-OH is 1. The van der Waals surface area contributed by atoms with E-state index in [1.165, 1.54) is 28.2 Å². The summed E-state index contributed by atoms with van der Waals surface area (Å²) in [6.07, 6.45) is 1.33. The predicted octanol–water partition coefficient (Wildman–Crippen LogP) is 8.02. The first-order chi connectivity index (χ1) is 15.1. The van der Waals surface area contributed by atoms with Crippen LogP contribution in [0.4, 0.5) is 0 Å². The van der Waals surface area contributed by atoms with Crippen LogP contribution < -0.4 is 0 Å². The molecule has 1 radical (unpaired) electrons. The van der Waals surface area contributed by atoms with Gasteiger partial charge in [0.2, 0.25) is 0 Å². The Morgan fingerprint density at radius 2 is 1.53 bits per heavy atom. The molecule has 34 heavy (non-hydrogen) atoms. The zero-order chi connectivity index (χ0) is 25.1. The molecule has 0 saturated heterocycles. The molecule has 0 saturated carbocycles. The molecule has 3 nitrogen and oxygen atoms in total. The monoisotopic (exact) mass is 637 g/mol. The van der Waals surface area contributed by atoms with Gasteiger partial charge < -0.3 is 5.11 Å². The van der Waals surface area contributed by atoms with E-state index in [0.717, 1.165) is 22.3 Å². The molecule has 0 aliphatic rings. The van der Waals surface area contributed by atoms with Crippen LogP contribution in [0.15, 0.2) is 48.2 Å². The summed E-state index contributed by atoms with van der Waals surface area (Å²) in [5.41, 5.74) is 7.38. The van der Waals surface area contributed by atoms with E-state index >= 15 is 0 Å². The number of rotatable bonds is 2. The number of allylic oxidation sites excluding steroid dienone is 2. The number of carbonyl (C=O) groups is 1. The summed E-state index contributed by atoms with van der Waals surface area (Å²) in [6, 6.07) is 16.2. The number of benzene rings is 2. The summed E-state index contributed by atoms with van der Waals surface area (Å²) in [4.78, 5) is 16.3. The number of nitrogens with zero attached hydrogens (tertiary/aromatic N) is 1. The Morgan fingerprint density at radius 1 is 0.912 bits per heavy atom. The SMILES string of the molecule is CC(C)(C)C(=O)/C=C(\O)C(C)(C)C.Cc1[c-]c(-c2ccc3c(C)c(C)ccc3n2)cc(C)c1.[Ir]. The molecule has 0 unspecified atom stereocenters. The minimum Gasteiger partial charge on any atom is -0.512 e. The second kappa shape index (κ2) is 11.4. The average Bonchev–Trinajstić information content (AvgIpc) is 2.69. The Balaban J connectivity index is 0.000000364. The van der Waals surface area contributed by atoms with Gasteiger partial charge in [-0.15, -0.1) is 34.9 Å². The molecular formula is C30H38IrNO2-. The molecular weight excluding hydrogens is 599 g/mol. The zero-order valence-electron chi connectivity index (χ0n) is 22.2. The van der Waals surface area contributed by atoms with Crippen LogP contribution in [0.1, 0.15) is 63.8 Å². The molecule has 0 aliphatic heterocycles. The van der Waals surface area contributed by atoms with E-state index in [4.69, 9.17) is 4.98 Å². The van der Waals surface area contributed by atoms with E-state index in [2.05, 4.69) is 70.2 Å². The Hall–Kier alpha value is -2.29. The molecule has 1 N–H and O–H groups in total. The first kappa shape index (κ1) is 29.7. The van der Waals surface area contributed by atoms with Crippen LogP contribution in [0.25, 0.3) is 22.2 Å².